The van der Waals surface area contributed by atoms with Crippen molar-refractivity contribution in [1.29, 1.82) is 0 Å². The molecule has 3 N–H and O–H groups in total. The molecule has 2 amide bonds. The molecule has 0 spiro atoms. The van der Waals surface area contributed by atoms with Gasteiger partial charge in [-0.3, -0.25) is 14.9 Å². The molecule has 7 nitrogen and oxygen atoms in total. The van der Waals surface area contributed by atoms with Crippen LogP contribution < -0.4 is 20.7 Å². The second-order valence-electron chi connectivity index (χ2n) is 7.66. The largest absolute Gasteiger partial charge is 0.493 e. The molecule has 0 bridgehead atoms. The van der Waals surface area contributed by atoms with E-state index in [0.29, 0.717) is 48.7 Å². The summed E-state index contributed by atoms with van der Waals surface area (Å²) in [6.07, 6.45) is 1.51. The number of nitrogens with one attached hydrogen (secondary N) is 3. The Morgan fingerprint density at radius 2 is 1.57 bits per heavy atom. The van der Waals surface area contributed by atoms with Gasteiger partial charge >= 0.3 is 0 Å². The number of ether oxygens (including phenoxy) is 2. The summed E-state index contributed by atoms with van der Waals surface area (Å²) in [5.74, 6) is 0.0876. The second-order valence-corrected chi connectivity index (χ2v) is 8.07. The number of amides is 2. The number of hydrogen-bond acceptors (Lipinski definition) is 5. The maximum atomic E-state index is 12.6. The van der Waals surface area contributed by atoms with Gasteiger partial charge in [0.2, 0.25) is 0 Å². The Hall–Kier alpha value is -3.75. The highest BCUT2D eigenvalue weighted by molar-refractivity contribution is 7.80. The molecule has 0 saturated heterocycles. The molecule has 0 aliphatic carbocycles. The van der Waals surface area contributed by atoms with E-state index in [0.717, 1.165) is 6.42 Å². The molecule has 0 fully saturated rings. The lowest BCUT2D eigenvalue weighted by Gasteiger charge is -2.14. The highest BCUT2D eigenvalue weighted by atomic mass is 32.1. The third kappa shape index (κ3) is 8.51. The van der Waals surface area contributed by atoms with E-state index in [9.17, 15) is 9.59 Å². The van der Waals surface area contributed by atoms with Gasteiger partial charge < -0.3 is 20.1 Å². The van der Waals surface area contributed by atoms with Crippen LogP contribution in [0.3, 0.4) is 0 Å². The Bertz CT molecular complexity index is 1120. The third-order valence-electron chi connectivity index (χ3n) is 5.08. The van der Waals surface area contributed by atoms with Crippen LogP contribution in [-0.2, 0) is 11.2 Å². The molecule has 0 unspecified atom stereocenters. The van der Waals surface area contributed by atoms with Gasteiger partial charge in [-0.15, -0.1) is 0 Å². The standard InChI is InChI=1S/C27H29N3O4S/c1-33-18-7-17-28-26(32)23-10-5-6-11-24(23)29-27(35)30-25(31)21-12-14-22(15-13-21)34-19-16-20-8-3-2-4-9-20/h2-6,8-15H,7,16-19H2,1H3,(H,28,32)(H2,29,30,31,35). The summed E-state index contributed by atoms with van der Waals surface area (Å²) in [5.41, 5.74) is 2.58. The van der Waals surface area contributed by atoms with Crippen LogP contribution in [0.25, 0.3) is 0 Å². The monoisotopic (exact) mass is 491 g/mol. The number of anilines is 1. The molecular formula is C27H29N3O4S. The second kappa shape index (κ2) is 13.8. The maximum absolute atomic E-state index is 12.6. The Labute approximate surface area is 210 Å². The van der Waals surface area contributed by atoms with Crippen LogP contribution in [-0.4, -0.2) is 43.8 Å². The summed E-state index contributed by atoms with van der Waals surface area (Å²) in [7, 11) is 1.62. The average molecular weight is 492 g/mol. The predicted octanol–water partition coefficient (Wildman–Crippen LogP) is 4.20. The zero-order valence-electron chi connectivity index (χ0n) is 19.6. The SMILES string of the molecule is COCCCNC(=O)c1ccccc1NC(=S)NC(=O)c1ccc(OCCc2ccccc2)cc1. The van der Waals surface area contributed by atoms with Gasteiger partial charge in [0.1, 0.15) is 5.75 Å². The Morgan fingerprint density at radius 1 is 0.857 bits per heavy atom. The molecule has 8 heteroatoms. The number of para-hydroxylation sites is 1. The fraction of sp³-hybridized carbons (Fsp3) is 0.222. The minimum absolute atomic E-state index is 0.0952. The van der Waals surface area contributed by atoms with Crippen molar-refractivity contribution in [2.75, 3.05) is 32.2 Å². The zero-order chi connectivity index (χ0) is 24.9. The summed E-state index contributed by atoms with van der Waals surface area (Å²) < 4.78 is 10.8. The van der Waals surface area contributed by atoms with E-state index < -0.39 is 0 Å². The Kier molecular flexibility index (Phi) is 10.2. The first-order valence-electron chi connectivity index (χ1n) is 11.3. The van der Waals surface area contributed by atoms with E-state index in [1.54, 1.807) is 55.6 Å². The fourth-order valence-corrected chi connectivity index (χ4v) is 3.47. The van der Waals surface area contributed by atoms with Crippen molar-refractivity contribution in [3.8, 4) is 5.75 Å². The van der Waals surface area contributed by atoms with Crippen LogP contribution in [0.5, 0.6) is 5.75 Å². The van der Waals surface area contributed by atoms with Gasteiger partial charge in [0, 0.05) is 32.2 Å². The van der Waals surface area contributed by atoms with E-state index >= 15 is 0 Å². The lowest BCUT2D eigenvalue weighted by molar-refractivity contribution is 0.0947. The van der Waals surface area contributed by atoms with Crippen molar-refractivity contribution in [3.05, 3.63) is 95.6 Å². The molecule has 182 valence electrons. The molecule has 0 saturated carbocycles. The maximum Gasteiger partial charge on any atom is 0.257 e. The smallest absolute Gasteiger partial charge is 0.257 e. The topological polar surface area (TPSA) is 88.7 Å². The number of carbonyl (C=O) groups is 2. The summed E-state index contributed by atoms with van der Waals surface area (Å²) in [6.45, 7) is 1.61. The Morgan fingerprint density at radius 3 is 2.31 bits per heavy atom. The van der Waals surface area contributed by atoms with Crippen molar-refractivity contribution in [3.63, 3.8) is 0 Å². The molecule has 0 radical (unpaired) electrons. The van der Waals surface area contributed by atoms with Crippen LogP contribution in [0, 0.1) is 0 Å². The average Bonchev–Trinajstić information content (AvgIpc) is 2.88. The van der Waals surface area contributed by atoms with Gasteiger partial charge in [-0.25, -0.2) is 0 Å². The first kappa shape index (κ1) is 25.9. The molecule has 0 heterocycles. The van der Waals surface area contributed by atoms with Crippen LogP contribution in [0.15, 0.2) is 78.9 Å². The summed E-state index contributed by atoms with van der Waals surface area (Å²) in [6, 6.07) is 23.9. The minimum atomic E-state index is -0.361. The van der Waals surface area contributed by atoms with Crippen molar-refractivity contribution in [1.82, 2.24) is 10.6 Å². The zero-order valence-corrected chi connectivity index (χ0v) is 20.4. The van der Waals surface area contributed by atoms with E-state index in [2.05, 4.69) is 28.1 Å². The van der Waals surface area contributed by atoms with Crippen molar-refractivity contribution < 1.29 is 19.1 Å². The summed E-state index contributed by atoms with van der Waals surface area (Å²) in [4.78, 5) is 25.1. The number of carbonyl (C=O) groups excluding carboxylic acids is 2. The van der Waals surface area contributed by atoms with E-state index in [1.165, 1.54) is 5.56 Å². The van der Waals surface area contributed by atoms with Gasteiger partial charge in [0.05, 0.1) is 17.9 Å². The molecule has 0 aromatic heterocycles. The molecule has 0 atom stereocenters. The normalized spacial score (nSPS) is 10.3. The number of methoxy groups -OCH3 is 1. The Balaban J connectivity index is 1.49. The van der Waals surface area contributed by atoms with Crippen molar-refractivity contribution in [2.24, 2.45) is 0 Å². The van der Waals surface area contributed by atoms with Gasteiger partial charge in [-0.1, -0.05) is 42.5 Å². The number of benzene rings is 3. The molecular weight excluding hydrogens is 462 g/mol. The first-order valence-corrected chi connectivity index (χ1v) is 11.7. The lowest BCUT2D eigenvalue weighted by atomic mass is 10.1. The molecule has 3 aromatic rings. The van der Waals surface area contributed by atoms with Crippen LogP contribution in [0.4, 0.5) is 5.69 Å². The van der Waals surface area contributed by atoms with Crippen LogP contribution >= 0.6 is 12.2 Å². The molecule has 35 heavy (non-hydrogen) atoms. The predicted molar refractivity (Wildman–Crippen MR) is 141 cm³/mol. The van der Waals surface area contributed by atoms with E-state index in [1.807, 2.05) is 18.2 Å². The third-order valence-corrected chi connectivity index (χ3v) is 5.28. The van der Waals surface area contributed by atoms with Gasteiger partial charge in [-0.05, 0) is 60.6 Å². The first-order chi connectivity index (χ1) is 17.1. The highest BCUT2D eigenvalue weighted by Crippen LogP contribution is 2.16. The van der Waals surface area contributed by atoms with Gasteiger partial charge in [0.25, 0.3) is 11.8 Å². The van der Waals surface area contributed by atoms with E-state index in [4.69, 9.17) is 21.7 Å². The molecule has 0 aliphatic heterocycles. The molecule has 3 aromatic carbocycles. The summed E-state index contributed by atoms with van der Waals surface area (Å²) >= 11 is 5.29. The number of hydrogen-bond donors (Lipinski definition) is 3. The number of rotatable bonds is 11. The quantitative estimate of drug-likeness (QED) is 0.275. The molecule has 0 aliphatic rings. The highest BCUT2D eigenvalue weighted by Gasteiger charge is 2.13. The van der Waals surface area contributed by atoms with Gasteiger partial charge in [0.15, 0.2) is 5.11 Å². The van der Waals surface area contributed by atoms with E-state index in [-0.39, 0.29) is 16.9 Å². The minimum Gasteiger partial charge on any atom is -0.493 e. The van der Waals surface area contributed by atoms with Crippen molar-refractivity contribution in [2.45, 2.75) is 12.8 Å². The lowest BCUT2D eigenvalue weighted by Crippen LogP contribution is -2.35. The van der Waals surface area contributed by atoms with Crippen molar-refractivity contribution >= 4 is 34.8 Å². The summed E-state index contributed by atoms with van der Waals surface area (Å²) in [5, 5.41) is 8.52. The fourth-order valence-electron chi connectivity index (χ4n) is 3.27. The molecule has 3 rings (SSSR count). The number of thiocarbonyl (C=S) groups is 1. The van der Waals surface area contributed by atoms with Crippen LogP contribution in [0.1, 0.15) is 32.7 Å². The van der Waals surface area contributed by atoms with Crippen LogP contribution in [0.2, 0.25) is 0 Å². The van der Waals surface area contributed by atoms with Gasteiger partial charge in [-0.2, -0.15) is 0 Å².